The number of ether oxygens (including phenoxy) is 7. The fraction of sp³-hybridized carbons (Fsp3) is 0.759. The Morgan fingerprint density at radius 1 is 0.457 bits per heavy atom. The van der Waals surface area contributed by atoms with Crippen molar-refractivity contribution in [3.05, 3.63) is 0 Å². The van der Waals surface area contributed by atoms with E-state index in [1.807, 2.05) is 0 Å². The highest BCUT2D eigenvalue weighted by Crippen LogP contribution is 2.03. The van der Waals surface area contributed by atoms with Gasteiger partial charge in [-0.3, -0.25) is 14.4 Å². The maximum Gasteiger partial charge on any atom is 0.332 e. The molecule has 16 nitrogen and oxygen atoms in total. The molecule has 0 heterocycles. The normalized spacial score (nSPS) is 9.74. The SMILES string of the molecule is COC(=O)CCCCCBr.COC(=O)CCCCCOC(=O)COCC(=O)OCCCCCC(=O)OC.O=C(O)COCC(=O)O. The van der Waals surface area contributed by atoms with Gasteiger partial charge in [0.05, 0.1) is 34.5 Å². The summed E-state index contributed by atoms with van der Waals surface area (Å²) in [5.41, 5.74) is 0. The van der Waals surface area contributed by atoms with Crippen LogP contribution in [0.5, 0.6) is 0 Å². The minimum atomic E-state index is -1.17. The lowest BCUT2D eigenvalue weighted by molar-refractivity contribution is -0.156. The van der Waals surface area contributed by atoms with E-state index in [1.165, 1.54) is 21.3 Å². The molecule has 0 unspecified atom stereocenters. The van der Waals surface area contributed by atoms with Crippen LogP contribution in [0.1, 0.15) is 77.0 Å². The number of aliphatic carboxylic acids is 2. The van der Waals surface area contributed by atoms with Crippen LogP contribution in [0.3, 0.4) is 0 Å². The average Bonchev–Trinajstić information content (AvgIpc) is 3.02. The quantitative estimate of drug-likeness (QED) is 0.0595. The van der Waals surface area contributed by atoms with Gasteiger partial charge >= 0.3 is 41.8 Å². The van der Waals surface area contributed by atoms with E-state index >= 15 is 0 Å². The molecule has 0 rings (SSSR count). The zero-order valence-corrected chi connectivity index (χ0v) is 28.5. The second-order valence-corrected chi connectivity index (χ2v) is 9.86. The molecule has 0 amide bonds. The molecule has 17 heteroatoms. The molecule has 0 fully saturated rings. The molecule has 0 aromatic rings. The molecule has 0 saturated heterocycles. The molecule has 0 aliphatic carbocycles. The first kappa shape index (κ1) is 47.1. The molecule has 0 aliphatic heterocycles. The van der Waals surface area contributed by atoms with Gasteiger partial charge in [0.15, 0.2) is 0 Å². The number of methoxy groups -OCH3 is 3. The first-order valence-corrected chi connectivity index (χ1v) is 15.7. The molecule has 0 saturated carbocycles. The van der Waals surface area contributed by atoms with Gasteiger partial charge in [-0.15, -0.1) is 0 Å². The first-order chi connectivity index (χ1) is 21.9. The number of carboxylic acid groups (broad SMARTS) is 2. The first-order valence-electron chi connectivity index (χ1n) is 14.6. The predicted molar refractivity (Wildman–Crippen MR) is 164 cm³/mol. The third-order valence-corrected chi connectivity index (χ3v) is 5.73. The van der Waals surface area contributed by atoms with Gasteiger partial charge in [0.1, 0.15) is 26.4 Å². The number of alkyl halides is 1. The molecule has 0 aromatic carbocycles. The highest BCUT2D eigenvalue weighted by molar-refractivity contribution is 9.09. The van der Waals surface area contributed by atoms with Gasteiger partial charge in [0.25, 0.3) is 0 Å². The lowest BCUT2D eigenvalue weighted by atomic mass is 10.2. The van der Waals surface area contributed by atoms with Gasteiger partial charge < -0.3 is 43.4 Å². The number of carboxylic acids is 2. The minimum Gasteiger partial charge on any atom is -0.480 e. The Balaban J connectivity index is -0.000000789. The topological polar surface area (TPSA) is 225 Å². The summed E-state index contributed by atoms with van der Waals surface area (Å²) in [6.45, 7) is -1.30. The van der Waals surface area contributed by atoms with Crippen molar-refractivity contribution in [1.29, 1.82) is 0 Å². The van der Waals surface area contributed by atoms with Crippen LogP contribution < -0.4 is 0 Å². The molecule has 0 spiro atoms. The van der Waals surface area contributed by atoms with Crippen molar-refractivity contribution in [1.82, 2.24) is 0 Å². The zero-order chi connectivity index (χ0) is 35.4. The van der Waals surface area contributed by atoms with Gasteiger partial charge in [-0.05, 0) is 51.4 Å². The third-order valence-electron chi connectivity index (χ3n) is 5.17. The summed E-state index contributed by atoms with van der Waals surface area (Å²) in [6, 6.07) is 0. The highest BCUT2D eigenvalue weighted by atomic mass is 79.9. The van der Waals surface area contributed by atoms with Crippen molar-refractivity contribution in [2.45, 2.75) is 77.0 Å². The second-order valence-electron chi connectivity index (χ2n) is 9.06. The van der Waals surface area contributed by atoms with Gasteiger partial charge in [0.2, 0.25) is 0 Å². The Kier molecular flexibility index (Phi) is 37.0. The lowest BCUT2D eigenvalue weighted by Gasteiger charge is -2.07. The number of rotatable bonds is 25. The Labute approximate surface area is 277 Å². The Bertz CT molecular complexity index is 795. The number of esters is 5. The Morgan fingerprint density at radius 3 is 1.09 bits per heavy atom. The Morgan fingerprint density at radius 2 is 0.783 bits per heavy atom. The van der Waals surface area contributed by atoms with E-state index < -0.39 is 37.1 Å². The summed E-state index contributed by atoms with van der Waals surface area (Å²) in [5, 5.41) is 16.8. The standard InChI is InChI=1S/C18H30O9.C7H13BrO2.C4H6O5/c1-23-15(19)9-5-3-7-11-26-17(21)13-25-14-18(22)27-12-8-4-6-10-16(20)24-2;1-10-7(9)5-3-2-4-6-8;5-3(6)1-9-2-4(7)8/h3-14H2,1-2H3;2-6H2,1H3;1-2H2,(H,5,6)(H,7,8). The Hall–Kier alpha value is -3.31. The monoisotopic (exact) mass is 732 g/mol. The summed E-state index contributed by atoms with van der Waals surface area (Å²) < 4.78 is 32.5. The van der Waals surface area contributed by atoms with E-state index in [0.717, 1.165) is 37.4 Å². The number of hydrogen-bond donors (Lipinski definition) is 2. The smallest absolute Gasteiger partial charge is 0.332 e. The molecule has 268 valence electrons. The van der Waals surface area contributed by atoms with E-state index in [2.05, 4.69) is 34.9 Å². The molecule has 0 bridgehead atoms. The molecule has 0 aliphatic rings. The predicted octanol–water partition coefficient (Wildman–Crippen LogP) is 2.84. The van der Waals surface area contributed by atoms with Crippen LogP contribution in [0.15, 0.2) is 0 Å². The van der Waals surface area contributed by atoms with Gasteiger partial charge in [-0.2, -0.15) is 0 Å². The average molecular weight is 734 g/mol. The third kappa shape index (κ3) is 42.8. The van der Waals surface area contributed by atoms with Crippen molar-refractivity contribution in [2.24, 2.45) is 0 Å². The number of halogens is 1. The van der Waals surface area contributed by atoms with E-state index in [9.17, 15) is 33.6 Å². The summed E-state index contributed by atoms with van der Waals surface area (Å²) in [6.07, 6.45) is 8.55. The second kappa shape index (κ2) is 36.2. The van der Waals surface area contributed by atoms with Crippen molar-refractivity contribution in [3.63, 3.8) is 0 Å². The van der Waals surface area contributed by atoms with Crippen molar-refractivity contribution in [2.75, 3.05) is 66.3 Å². The van der Waals surface area contributed by atoms with Gasteiger partial charge in [-0.1, -0.05) is 22.4 Å². The molecule has 0 aromatic heterocycles. The van der Waals surface area contributed by atoms with Gasteiger partial charge in [0, 0.05) is 24.6 Å². The van der Waals surface area contributed by atoms with Crippen LogP contribution in [-0.4, -0.2) is 118 Å². The number of hydrogen-bond acceptors (Lipinski definition) is 14. The van der Waals surface area contributed by atoms with E-state index in [1.54, 1.807) is 0 Å². The van der Waals surface area contributed by atoms with E-state index in [0.29, 0.717) is 44.9 Å². The minimum absolute atomic E-state index is 0.102. The summed E-state index contributed by atoms with van der Waals surface area (Å²) in [5.74, 6) is -4.07. The molecule has 2 N–H and O–H groups in total. The largest absolute Gasteiger partial charge is 0.480 e. The fourth-order valence-corrected chi connectivity index (χ4v) is 3.24. The summed E-state index contributed by atoms with van der Waals surface area (Å²) >= 11 is 3.32. The van der Waals surface area contributed by atoms with Crippen LogP contribution in [0.2, 0.25) is 0 Å². The summed E-state index contributed by atoms with van der Waals surface area (Å²) in [4.78, 5) is 74.5. The van der Waals surface area contributed by atoms with Crippen molar-refractivity contribution < 1.29 is 76.9 Å². The highest BCUT2D eigenvalue weighted by Gasteiger charge is 2.08. The fourth-order valence-electron chi connectivity index (χ4n) is 2.84. The number of carbonyl (C=O) groups is 7. The molecule has 0 atom stereocenters. The van der Waals surface area contributed by atoms with E-state index in [4.69, 9.17) is 24.4 Å². The van der Waals surface area contributed by atoms with E-state index in [-0.39, 0.29) is 44.3 Å². The number of carbonyl (C=O) groups excluding carboxylic acids is 5. The van der Waals surface area contributed by atoms with Crippen LogP contribution in [-0.2, 0) is 66.7 Å². The molecular formula is C29H49BrO16. The summed E-state index contributed by atoms with van der Waals surface area (Å²) in [7, 11) is 4.11. The van der Waals surface area contributed by atoms with Crippen LogP contribution in [0.4, 0.5) is 0 Å². The maximum atomic E-state index is 11.4. The lowest BCUT2D eigenvalue weighted by Crippen LogP contribution is -2.19. The maximum absolute atomic E-state index is 11.4. The van der Waals surface area contributed by atoms with Gasteiger partial charge in [-0.25, -0.2) is 19.2 Å². The zero-order valence-electron chi connectivity index (χ0n) is 26.9. The molecule has 0 radical (unpaired) electrons. The van der Waals surface area contributed by atoms with Crippen LogP contribution in [0, 0.1) is 0 Å². The van der Waals surface area contributed by atoms with Crippen molar-refractivity contribution in [3.8, 4) is 0 Å². The molecular weight excluding hydrogens is 684 g/mol. The van der Waals surface area contributed by atoms with Crippen LogP contribution >= 0.6 is 15.9 Å². The van der Waals surface area contributed by atoms with Crippen LogP contribution in [0.25, 0.3) is 0 Å². The number of unbranched alkanes of at least 4 members (excludes halogenated alkanes) is 6. The molecule has 46 heavy (non-hydrogen) atoms. The van der Waals surface area contributed by atoms with Crippen molar-refractivity contribution >= 4 is 57.7 Å².